The molecule has 0 bridgehead atoms. The minimum atomic E-state index is -0.637. The highest BCUT2D eigenvalue weighted by Crippen LogP contribution is 2.23. The van der Waals surface area contributed by atoms with E-state index < -0.39 is 5.97 Å². The molecule has 0 spiro atoms. The summed E-state index contributed by atoms with van der Waals surface area (Å²) in [5, 5.41) is 3.28. The van der Waals surface area contributed by atoms with Gasteiger partial charge in [0.15, 0.2) is 12.4 Å². The molecule has 1 heterocycles. The molecule has 0 atom stereocenters. The number of anilines is 4. The fourth-order valence-corrected chi connectivity index (χ4v) is 2.31. The number of nitrogens with zero attached hydrogens (tertiary/aromatic N) is 3. The first-order valence-corrected chi connectivity index (χ1v) is 7.94. The zero-order chi connectivity index (χ0) is 18.5. The van der Waals surface area contributed by atoms with Gasteiger partial charge in [0.25, 0.3) is 0 Å². The Hall–Kier alpha value is -3.39. The van der Waals surface area contributed by atoms with E-state index in [4.69, 9.17) is 27.8 Å². The topological polar surface area (TPSA) is 129 Å². The minimum absolute atomic E-state index is 0.00625. The van der Waals surface area contributed by atoms with E-state index >= 15 is 0 Å². The number of halogens is 1. The Kier molecular flexibility index (Phi) is 5.14. The Morgan fingerprint density at radius 2 is 1.81 bits per heavy atom. The molecule has 0 amide bonds. The number of esters is 1. The number of carbonyl (C=O) groups excluding carboxylic acids is 1. The van der Waals surface area contributed by atoms with Crippen LogP contribution in [0.15, 0.2) is 48.5 Å². The first-order chi connectivity index (χ1) is 12.5. The molecule has 0 aliphatic heterocycles. The highest BCUT2D eigenvalue weighted by molar-refractivity contribution is 6.33. The molecule has 9 heteroatoms. The van der Waals surface area contributed by atoms with Gasteiger partial charge >= 0.3 is 5.97 Å². The fraction of sp³-hybridized carbons (Fsp3) is 0.0588. The number of rotatable bonds is 5. The molecule has 5 N–H and O–H groups in total. The molecular formula is C17H15ClN6O2. The first-order valence-electron chi connectivity index (χ1n) is 7.56. The Bertz CT molecular complexity index is 936. The van der Waals surface area contributed by atoms with Crippen LogP contribution in [-0.4, -0.2) is 20.9 Å². The predicted molar refractivity (Wildman–Crippen MR) is 98.9 cm³/mol. The quantitative estimate of drug-likeness (QED) is 0.461. The largest absolute Gasteiger partial charge is 0.454 e. The number of nitrogens with one attached hydrogen (secondary N) is 1. The maximum Gasteiger partial charge on any atom is 0.340 e. The van der Waals surface area contributed by atoms with Crippen LogP contribution < -0.4 is 16.8 Å². The fourth-order valence-electron chi connectivity index (χ4n) is 2.13. The molecule has 0 saturated carbocycles. The Balaban J connectivity index is 1.72. The molecule has 0 unspecified atom stereocenters. The Morgan fingerprint density at radius 3 is 2.58 bits per heavy atom. The SMILES string of the molecule is Nc1nc(COC(=O)c2cccc(Cl)c2N)nc(Nc2ccccc2)n1. The van der Waals surface area contributed by atoms with Crippen molar-refractivity contribution >= 4 is 40.8 Å². The average Bonchev–Trinajstić information content (AvgIpc) is 2.62. The molecule has 0 aliphatic rings. The molecule has 1 aromatic heterocycles. The second-order valence-corrected chi connectivity index (χ2v) is 5.61. The van der Waals surface area contributed by atoms with E-state index in [0.29, 0.717) is 0 Å². The van der Waals surface area contributed by atoms with Crippen molar-refractivity contribution in [2.24, 2.45) is 0 Å². The zero-order valence-electron chi connectivity index (χ0n) is 13.5. The molecule has 26 heavy (non-hydrogen) atoms. The number of benzene rings is 2. The summed E-state index contributed by atoms with van der Waals surface area (Å²) in [5.41, 5.74) is 12.6. The lowest BCUT2D eigenvalue weighted by Gasteiger charge is -2.09. The summed E-state index contributed by atoms with van der Waals surface area (Å²) in [6.07, 6.45) is 0. The van der Waals surface area contributed by atoms with Crippen LogP contribution in [0.25, 0.3) is 0 Å². The summed E-state index contributed by atoms with van der Waals surface area (Å²) in [4.78, 5) is 24.3. The molecule has 3 aromatic rings. The molecule has 3 rings (SSSR count). The number of carbonyl (C=O) groups is 1. The van der Waals surface area contributed by atoms with Crippen LogP contribution in [0, 0.1) is 0 Å². The number of ether oxygens (including phenoxy) is 1. The van der Waals surface area contributed by atoms with E-state index in [0.717, 1.165) is 5.69 Å². The third kappa shape index (κ3) is 4.17. The molecule has 0 fully saturated rings. The van der Waals surface area contributed by atoms with Crippen molar-refractivity contribution in [3.8, 4) is 0 Å². The van der Waals surface area contributed by atoms with Crippen molar-refractivity contribution in [3.05, 3.63) is 64.9 Å². The zero-order valence-corrected chi connectivity index (χ0v) is 14.3. The summed E-state index contributed by atoms with van der Waals surface area (Å²) >= 11 is 5.90. The van der Waals surface area contributed by atoms with E-state index in [1.807, 2.05) is 30.3 Å². The second-order valence-electron chi connectivity index (χ2n) is 5.20. The highest BCUT2D eigenvalue weighted by atomic mass is 35.5. The second kappa shape index (κ2) is 7.66. The van der Waals surface area contributed by atoms with Crippen LogP contribution in [0.1, 0.15) is 16.2 Å². The lowest BCUT2D eigenvalue weighted by Crippen LogP contribution is -2.12. The third-order valence-electron chi connectivity index (χ3n) is 3.33. The lowest BCUT2D eigenvalue weighted by molar-refractivity contribution is 0.0463. The average molecular weight is 371 g/mol. The number of para-hydroxylation sites is 2. The van der Waals surface area contributed by atoms with E-state index in [9.17, 15) is 4.79 Å². The number of nitrogens with two attached hydrogens (primary N) is 2. The highest BCUT2D eigenvalue weighted by Gasteiger charge is 2.14. The summed E-state index contributed by atoms with van der Waals surface area (Å²) in [6.45, 7) is -0.193. The van der Waals surface area contributed by atoms with Crippen molar-refractivity contribution in [3.63, 3.8) is 0 Å². The molecule has 8 nitrogen and oxygen atoms in total. The molecule has 132 valence electrons. The van der Waals surface area contributed by atoms with Gasteiger partial charge in [-0.1, -0.05) is 35.9 Å². The normalized spacial score (nSPS) is 10.3. The summed E-state index contributed by atoms with van der Waals surface area (Å²) < 4.78 is 5.20. The van der Waals surface area contributed by atoms with Crippen LogP contribution in [0.3, 0.4) is 0 Å². The van der Waals surface area contributed by atoms with E-state index in [1.54, 1.807) is 12.1 Å². The van der Waals surface area contributed by atoms with E-state index in [2.05, 4.69) is 20.3 Å². The predicted octanol–water partition coefficient (Wildman–Crippen LogP) is 2.79. The monoisotopic (exact) mass is 370 g/mol. The van der Waals surface area contributed by atoms with Crippen molar-refractivity contribution < 1.29 is 9.53 Å². The van der Waals surface area contributed by atoms with Gasteiger partial charge in [-0.05, 0) is 24.3 Å². The number of hydrogen-bond donors (Lipinski definition) is 3. The summed E-state index contributed by atoms with van der Waals surface area (Å²) in [5.74, 6) is -0.185. The maximum absolute atomic E-state index is 12.2. The van der Waals surface area contributed by atoms with E-state index in [1.165, 1.54) is 6.07 Å². The number of nitrogen functional groups attached to an aromatic ring is 2. The van der Waals surface area contributed by atoms with Crippen LogP contribution in [0.4, 0.5) is 23.3 Å². The molecule has 2 aromatic carbocycles. The van der Waals surface area contributed by atoms with Crippen molar-refractivity contribution in [1.82, 2.24) is 15.0 Å². The molecular weight excluding hydrogens is 356 g/mol. The molecule has 0 aliphatic carbocycles. The van der Waals surface area contributed by atoms with Crippen molar-refractivity contribution in [2.75, 3.05) is 16.8 Å². The third-order valence-corrected chi connectivity index (χ3v) is 3.66. The van der Waals surface area contributed by atoms with Gasteiger partial charge in [-0.2, -0.15) is 15.0 Å². The van der Waals surface area contributed by atoms with Gasteiger partial charge in [-0.15, -0.1) is 0 Å². The molecule has 0 radical (unpaired) electrons. The van der Waals surface area contributed by atoms with Crippen LogP contribution in [0.5, 0.6) is 0 Å². The van der Waals surface area contributed by atoms with Gasteiger partial charge in [0.2, 0.25) is 11.9 Å². The standard InChI is InChI=1S/C17H15ClN6O2/c18-12-8-4-7-11(14(12)19)15(25)26-9-13-22-16(20)24-17(23-13)21-10-5-2-1-3-6-10/h1-8H,9,19H2,(H3,20,21,22,23,24). The lowest BCUT2D eigenvalue weighted by atomic mass is 10.2. The van der Waals surface area contributed by atoms with Gasteiger partial charge in [0, 0.05) is 5.69 Å². The number of hydrogen-bond acceptors (Lipinski definition) is 8. The summed E-state index contributed by atoms with van der Waals surface area (Å²) in [6, 6.07) is 14.0. The smallest absolute Gasteiger partial charge is 0.340 e. The van der Waals surface area contributed by atoms with Gasteiger partial charge < -0.3 is 21.5 Å². The minimum Gasteiger partial charge on any atom is -0.454 e. The van der Waals surface area contributed by atoms with Gasteiger partial charge in [-0.25, -0.2) is 4.79 Å². The van der Waals surface area contributed by atoms with Crippen LogP contribution in [-0.2, 0) is 11.3 Å². The van der Waals surface area contributed by atoms with Gasteiger partial charge in [-0.3, -0.25) is 0 Å². The van der Waals surface area contributed by atoms with Crippen LogP contribution >= 0.6 is 11.6 Å². The molecule has 0 saturated heterocycles. The number of aromatic nitrogens is 3. The maximum atomic E-state index is 12.2. The van der Waals surface area contributed by atoms with Crippen LogP contribution in [0.2, 0.25) is 5.02 Å². The van der Waals surface area contributed by atoms with E-state index in [-0.39, 0.29) is 40.6 Å². The first kappa shape index (κ1) is 17.4. The van der Waals surface area contributed by atoms with Crippen molar-refractivity contribution in [1.29, 1.82) is 0 Å². The Morgan fingerprint density at radius 1 is 1.04 bits per heavy atom. The van der Waals surface area contributed by atoms with Gasteiger partial charge in [0.05, 0.1) is 16.3 Å². The van der Waals surface area contributed by atoms with Gasteiger partial charge in [0.1, 0.15) is 0 Å². The van der Waals surface area contributed by atoms with Crippen molar-refractivity contribution in [2.45, 2.75) is 6.61 Å². The summed E-state index contributed by atoms with van der Waals surface area (Å²) in [7, 11) is 0. The Labute approximate surface area is 154 Å².